The fourth-order valence-corrected chi connectivity index (χ4v) is 0.826. The van der Waals surface area contributed by atoms with Gasteiger partial charge in [-0.2, -0.15) is 0 Å². The molecule has 0 atom stereocenters. The molecule has 0 bridgehead atoms. The Bertz CT molecular complexity index is 286. The van der Waals surface area contributed by atoms with Crippen LogP contribution in [-0.4, -0.2) is 17.7 Å². The van der Waals surface area contributed by atoms with Crippen molar-refractivity contribution in [3.05, 3.63) is 29.6 Å². The minimum atomic E-state index is -0.436. The highest BCUT2D eigenvalue weighted by Crippen LogP contribution is 2.02. The van der Waals surface area contributed by atoms with Crippen LogP contribution in [0.5, 0.6) is 0 Å². The number of esters is 1. The zero-order chi connectivity index (χ0) is 8.97. The van der Waals surface area contributed by atoms with Crippen molar-refractivity contribution in [2.75, 3.05) is 6.73 Å². The first-order chi connectivity index (χ1) is 5.74. The Balaban J connectivity index is 2.81. The Morgan fingerprint density at radius 3 is 3.00 bits per heavy atom. The van der Waals surface area contributed by atoms with Crippen molar-refractivity contribution in [3.63, 3.8) is 0 Å². The van der Waals surface area contributed by atoms with Crippen LogP contribution in [0.3, 0.4) is 0 Å². The second-order valence-corrected chi connectivity index (χ2v) is 2.35. The van der Waals surface area contributed by atoms with Crippen molar-refractivity contribution < 1.29 is 9.53 Å². The fraction of sp³-hybridized carbons (Fsp3) is 0.250. The van der Waals surface area contributed by atoms with Crippen LogP contribution >= 0.6 is 0 Å². The third-order valence-corrected chi connectivity index (χ3v) is 1.33. The van der Waals surface area contributed by atoms with E-state index in [2.05, 4.69) is 9.72 Å². The summed E-state index contributed by atoms with van der Waals surface area (Å²) in [6, 6.07) is 1.70. The van der Waals surface area contributed by atoms with Gasteiger partial charge in [-0.25, -0.2) is 4.79 Å². The Morgan fingerprint density at radius 2 is 2.42 bits per heavy atom. The second-order valence-electron chi connectivity index (χ2n) is 2.35. The Morgan fingerprint density at radius 1 is 1.67 bits per heavy atom. The molecule has 0 aliphatic heterocycles. The van der Waals surface area contributed by atoms with Gasteiger partial charge in [-0.15, -0.1) is 0 Å². The summed E-state index contributed by atoms with van der Waals surface area (Å²) in [7, 11) is 0. The van der Waals surface area contributed by atoms with Crippen LogP contribution in [0.1, 0.15) is 15.9 Å². The first-order valence-electron chi connectivity index (χ1n) is 3.53. The molecule has 2 N–H and O–H groups in total. The van der Waals surface area contributed by atoms with Crippen molar-refractivity contribution in [1.82, 2.24) is 4.98 Å². The molecule has 0 aromatic carbocycles. The number of ether oxygens (including phenoxy) is 1. The fourth-order valence-electron chi connectivity index (χ4n) is 0.826. The maximum absolute atomic E-state index is 11.1. The summed E-state index contributed by atoms with van der Waals surface area (Å²) < 4.78 is 4.58. The van der Waals surface area contributed by atoms with Gasteiger partial charge < -0.3 is 4.74 Å². The number of carbonyl (C=O) groups excluding carboxylic acids is 1. The second kappa shape index (κ2) is 3.82. The molecule has 0 spiro atoms. The minimum Gasteiger partial charge on any atom is -0.446 e. The third-order valence-electron chi connectivity index (χ3n) is 1.33. The van der Waals surface area contributed by atoms with E-state index in [1.54, 1.807) is 12.3 Å². The molecule has 1 aromatic rings. The predicted octanol–water partition coefficient (Wildman–Crippen LogP) is 0.463. The van der Waals surface area contributed by atoms with Gasteiger partial charge in [-0.3, -0.25) is 10.7 Å². The third kappa shape index (κ3) is 2.03. The zero-order valence-electron chi connectivity index (χ0n) is 6.78. The molecule has 1 aromatic heterocycles. The number of nitrogens with zero attached hydrogens (tertiary/aromatic N) is 1. The number of carbonyl (C=O) groups is 1. The van der Waals surface area contributed by atoms with Gasteiger partial charge in [0.25, 0.3) is 0 Å². The van der Waals surface area contributed by atoms with Crippen molar-refractivity contribution in [3.8, 4) is 0 Å². The van der Waals surface area contributed by atoms with Crippen molar-refractivity contribution in [2.24, 2.45) is 5.73 Å². The molecule has 0 fully saturated rings. The van der Waals surface area contributed by atoms with Gasteiger partial charge in [0.1, 0.15) is 6.73 Å². The van der Waals surface area contributed by atoms with Crippen molar-refractivity contribution in [1.29, 1.82) is 0 Å². The summed E-state index contributed by atoms with van der Waals surface area (Å²) in [5.74, 6) is -0.436. The van der Waals surface area contributed by atoms with Crippen LogP contribution in [-0.2, 0) is 4.74 Å². The highest BCUT2D eigenvalue weighted by molar-refractivity contribution is 5.89. The van der Waals surface area contributed by atoms with Crippen LogP contribution in [0.2, 0.25) is 0 Å². The number of rotatable bonds is 2. The smallest absolute Gasteiger partial charge is 0.341 e. The molecule has 1 heterocycles. The normalized spacial score (nSPS) is 9.50. The van der Waals surface area contributed by atoms with Gasteiger partial charge in [-0.1, -0.05) is 0 Å². The number of hydrogen-bond donors (Lipinski definition) is 1. The number of hydrogen-bond acceptors (Lipinski definition) is 4. The van der Waals surface area contributed by atoms with Gasteiger partial charge in [0.2, 0.25) is 0 Å². The summed E-state index contributed by atoms with van der Waals surface area (Å²) >= 11 is 0. The highest BCUT2D eigenvalue weighted by Gasteiger charge is 2.05. The van der Waals surface area contributed by atoms with E-state index in [-0.39, 0.29) is 6.73 Å². The molecule has 0 radical (unpaired) electrons. The van der Waals surface area contributed by atoms with E-state index in [4.69, 9.17) is 5.73 Å². The maximum Gasteiger partial charge on any atom is 0.341 e. The van der Waals surface area contributed by atoms with Crippen molar-refractivity contribution in [2.45, 2.75) is 6.92 Å². The molecule has 0 unspecified atom stereocenters. The molecule has 64 valence electrons. The summed E-state index contributed by atoms with van der Waals surface area (Å²) in [4.78, 5) is 14.9. The standard InChI is InChI=1S/C8H10N2O2/c1-6-2-7(4-10-3-6)8(11)12-5-9/h2-4H,5,9H2,1H3. The average molecular weight is 166 g/mol. The van der Waals surface area contributed by atoms with E-state index in [1.165, 1.54) is 6.20 Å². The minimum absolute atomic E-state index is 0.104. The molecule has 0 aliphatic rings. The van der Waals surface area contributed by atoms with Crippen LogP contribution < -0.4 is 5.73 Å². The molecule has 1 rings (SSSR count). The molecular formula is C8H10N2O2. The lowest BCUT2D eigenvalue weighted by atomic mass is 10.2. The van der Waals surface area contributed by atoms with Gasteiger partial charge >= 0.3 is 5.97 Å². The van der Waals surface area contributed by atoms with E-state index in [1.807, 2.05) is 6.92 Å². The summed E-state index contributed by atoms with van der Waals surface area (Å²) in [5, 5.41) is 0. The molecule has 4 nitrogen and oxygen atoms in total. The molecule has 0 aliphatic carbocycles. The lowest BCUT2D eigenvalue weighted by molar-refractivity contribution is 0.0515. The zero-order valence-corrected chi connectivity index (χ0v) is 6.78. The first kappa shape index (κ1) is 8.67. The Kier molecular flexibility index (Phi) is 2.76. The summed E-state index contributed by atoms with van der Waals surface area (Å²) in [6.07, 6.45) is 3.12. The molecule has 4 heteroatoms. The maximum atomic E-state index is 11.1. The van der Waals surface area contributed by atoms with Crippen LogP contribution in [0.4, 0.5) is 0 Å². The monoisotopic (exact) mass is 166 g/mol. The molecule has 0 amide bonds. The quantitative estimate of drug-likeness (QED) is 0.512. The summed E-state index contributed by atoms with van der Waals surface area (Å²) in [6.45, 7) is 1.75. The van der Waals surface area contributed by atoms with Gasteiger partial charge in [0, 0.05) is 12.4 Å². The molecule has 0 saturated heterocycles. The van der Waals surface area contributed by atoms with E-state index >= 15 is 0 Å². The largest absolute Gasteiger partial charge is 0.446 e. The Hall–Kier alpha value is -1.42. The lowest BCUT2D eigenvalue weighted by Gasteiger charge is -2.00. The van der Waals surface area contributed by atoms with Crippen LogP contribution in [0.15, 0.2) is 18.5 Å². The Labute approximate surface area is 70.4 Å². The number of aryl methyl sites for hydroxylation is 1. The van der Waals surface area contributed by atoms with Gasteiger partial charge in [0.05, 0.1) is 5.56 Å². The number of aromatic nitrogens is 1. The van der Waals surface area contributed by atoms with Crippen LogP contribution in [0.25, 0.3) is 0 Å². The predicted molar refractivity (Wildman–Crippen MR) is 43.4 cm³/mol. The first-order valence-corrected chi connectivity index (χ1v) is 3.53. The topological polar surface area (TPSA) is 65.2 Å². The van der Waals surface area contributed by atoms with Crippen LogP contribution in [0, 0.1) is 6.92 Å². The van der Waals surface area contributed by atoms with E-state index < -0.39 is 5.97 Å². The van der Waals surface area contributed by atoms with Crippen molar-refractivity contribution >= 4 is 5.97 Å². The van der Waals surface area contributed by atoms with Gasteiger partial charge in [0.15, 0.2) is 0 Å². The molecular weight excluding hydrogens is 156 g/mol. The number of pyridine rings is 1. The average Bonchev–Trinajstić information content (AvgIpc) is 2.05. The molecule has 0 saturated carbocycles. The van der Waals surface area contributed by atoms with E-state index in [0.717, 1.165) is 5.56 Å². The van der Waals surface area contributed by atoms with Gasteiger partial charge in [-0.05, 0) is 18.6 Å². The highest BCUT2D eigenvalue weighted by atomic mass is 16.5. The van der Waals surface area contributed by atoms with E-state index in [0.29, 0.717) is 5.56 Å². The lowest BCUT2D eigenvalue weighted by Crippen LogP contribution is -2.12. The molecule has 12 heavy (non-hydrogen) atoms. The number of nitrogens with two attached hydrogens (primary N) is 1. The van der Waals surface area contributed by atoms with E-state index in [9.17, 15) is 4.79 Å². The SMILES string of the molecule is Cc1cncc(C(=O)OCN)c1. The summed E-state index contributed by atoms with van der Waals surface area (Å²) in [5.41, 5.74) is 6.39.